The van der Waals surface area contributed by atoms with Crippen LogP contribution < -0.4 is 10.6 Å². The summed E-state index contributed by atoms with van der Waals surface area (Å²) in [5.41, 5.74) is 8.10. The molecule has 20 heavy (non-hydrogen) atoms. The van der Waals surface area contributed by atoms with E-state index < -0.39 is 0 Å². The van der Waals surface area contributed by atoms with Crippen LogP contribution in [-0.2, 0) is 0 Å². The molecule has 0 aliphatic carbocycles. The highest BCUT2D eigenvalue weighted by atomic mass is 32.1. The van der Waals surface area contributed by atoms with Gasteiger partial charge < -0.3 is 10.6 Å². The van der Waals surface area contributed by atoms with Gasteiger partial charge in [-0.05, 0) is 25.1 Å². The summed E-state index contributed by atoms with van der Waals surface area (Å²) < 4.78 is 13.9. The van der Waals surface area contributed by atoms with Crippen LogP contribution >= 0.6 is 12.2 Å². The van der Waals surface area contributed by atoms with Crippen molar-refractivity contribution in [2.24, 2.45) is 5.73 Å². The maximum Gasteiger partial charge on any atom is 0.128 e. The van der Waals surface area contributed by atoms with Gasteiger partial charge in [0.25, 0.3) is 0 Å². The molecule has 2 N–H and O–H groups in total. The van der Waals surface area contributed by atoms with Gasteiger partial charge in [-0.25, -0.2) is 4.39 Å². The standard InChI is InChI=1S/C16H17FN2S/c1-11(12-7-3-5-9-14(12)17)19(2)15-10-6-4-8-13(15)16(18)20/h3-11H,1-2H3,(H2,18,20). The van der Waals surface area contributed by atoms with Crippen molar-refractivity contribution in [3.63, 3.8) is 0 Å². The van der Waals surface area contributed by atoms with Crippen LogP contribution in [0.1, 0.15) is 24.1 Å². The second-order valence-corrected chi connectivity index (χ2v) is 5.13. The Balaban J connectivity index is 2.39. The number of hydrogen-bond acceptors (Lipinski definition) is 2. The number of anilines is 1. The topological polar surface area (TPSA) is 29.3 Å². The second kappa shape index (κ2) is 6.01. The van der Waals surface area contributed by atoms with Gasteiger partial charge in [0.15, 0.2) is 0 Å². The van der Waals surface area contributed by atoms with Crippen molar-refractivity contribution in [3.05, 3.63) is 65.5 Å². The monoisotopic (exact) mass is 288 g/mol. The van der Waals surface area contributed by atoms with E-state index in [2.05, 4.69) is 0 Å². The molecule has 0 heterocycles. The zero-order valence-electron chi connectivity index (χ0n) is 11.5. The molecular formula is C16H17FN2S. The molecule has 2 nitrogen and oxygen atoms in total. The molecule has 1 unspecified atom stereocenters. The normalized spacial score (nSPS) is 11.9. The van der Waals surface area contributed by atoms with Crippen molar-refractivity contribution >= 4 is 22.9 Å². The maximum absolute atomic E-state index is 13.9. The summed E-state index contributed by atoms with van der Waals surface area (Å²) in [7, 11) is 1.91. The Hall–Kier alpha value is -1.94. The first-order valence-electron chi connectivity index (χ1n) is 6.38. The molecular weight excluding hydrogens is 271 g/mol. The van der Waals surface area contributed by atoms with Gasteiger partial charge >= 0.3 is 0 Å². The van der Waals surface area contributed by atoms with E-state index in [0.717, 1.165) is 11.3 Å². The van der Waals surface area contributed by atoms with Gasteiger partial charge in [-0.3, -0.25) is 0 Å². The third-order valence-corrected chi connectivity index (χ3v) is 3.71. The highest BCUT2D eigenvalue weighted by Crippen LogP contribution is 2.29. The predicted octanol–water partition coefficient (Wildman–Crippen LogP) is 3.66. The molecule has 0 aliphatic heterocycles. The molecule has 0 fully saturated rings. The van der Waals surface area contributed by atoms with Crippen LogP contribution in [0.5, 0.6) is 0 Å². The first-order valence-corrected chi connectivity index (χ1v) is 6.79. The van der Waals surface area contributed by atoms with Crippen molar-refractivity contribution in [1.29, 1.82) is 0 Å². The highest BCUT2D eigenvalue weighted by Gasteiger charge is 2.18. The fourth-order valence-corrected chi connectivity index (χ4v) is 2.39. The number of thiocarbonyl (C=S) groups is 1. The number of rotatable bonds is 4. The molecule has 1 atom stereocenters. The quantitative estimate of drug-likeness (QED) is 0.871. The predicted molar refractivity (Wildman–Crippen MR) is 85.5 cm³/mol. The Kier molecular flexibility index (Phi) is 4.35. The average Bonchev–Trinajstić information content (AvgIpc) is 2.46. The first kappa shape index (κ1) is 14.5. The van der Waals surface area contributed by atoms with Crippen LogP contribution in [0.3, 0.4) is 0 Å². The molecule has 0 aliphatic rings. The van der Waals surface area contributed by atoms with Crippen LogP contribution in [0.4, 0.5) is 10.1 Å². The summed E-state index contributed by atoms with van der Waals surface area (Å²) in [6.45, 7) is 1.95. The Morgan fingerprint density at radius 3 is 2.40 bits per heavy atom. The minimum absolute atomic E-state index is 0.119. The van der Waals surface area contributed by atoms with E-state index in [0.29, 0.717) is 10.6 Å². The highest BCUT2D eigenvalue weighted by molar-refractivity contribution is 7.80. The number of nitrogens with two attached hydrogens (primary N) is 1. The third-order valence-electron chi connectivity index (χ3n) is 3.49. The lowest BCUT2D eigenvalue weighted by atomic mass is 10.0. The van der Waals surface area contributed by atoms with E-state index in [-0.39, 0.29) is 11.9 Å². The largest absolute Gasteiger partial charge is 0.389 e. The molecule has 0 bridgehead atoms. The van der Waals surface area contributed by atoms with E-state index in [1.807, 2.05) is 49.2 Å². The van der Waals surface area contributed by atoms with Gasteiger partial charge in [-0.15, -0.1) is 0 Å². The Morgan fingerprint density at radius 2 is 1.75 bits per heavy atom. The van der Waals surface area contributed by atoms with Crippen molar-refractivity contribution in [1.82, 2.24) is 0 Å². The lowest BCUT2D eigenvalue weighted by Gasteiger charge is -2.29. The van der Waals surface area contributed by atoms with Gasteiger partial charge in [0.2, 0.25) is 0 Å². The molecule has 104 valence electrons. The number of benzene rings is 2. The van der Waals surface area contributed by atoms with Crippen LogP contribution in [-0.4, -0.2) is 12.0 Å². The zero-order chi connectivity index (χ0) is 14.7. The molecule has 0 saturated carbocycles. The summed E-state index contributed by atoms with van der Waals surface area (Å²) in [5.74, 6) is -0.209. The summed E-state index contributed by atoms with van der Waals surface area (Å²) >= 11 is 5.07. The molecule has 0 amide bonds. The molecule has 0 saturated heterocycles. The Labute approximate surface area is 124 Å². The molecule has 2 aromatic rings. The lowest BCUT2D eigenvalue weighted by molar-refractivity contribution is 0.585. The molecule has 2 rings (SSSR count). The minimum Gasteiger partial charge on any atom is -0.389 e. The zero-order valence-corrected chi connectivity index (χ0v) is 12.3. The maximum atomic E-state index is 13.9. The minimum atomic E-state index is -0.209. The number of hydrogen-bond donors (Lipinski definition) is 1. The Bertz CT molecular complexity index is 627. The number of nitrogens with zero attached hydrogens (tertiary/aromatic N) is 1. The van der Waals surface area contributed by atoms with Crippen LogP contribution in [0.25, 0.3) is 0 Å². The van der Waals surface area contributed by atoms with E-state index in [9.17, 15) is 4.39 Å². The fourth-order valence-electron chi connectivity index (χ4n) is 2.22. The molecule has 0 radical (unpaired) electrons. The van der Waals surface area contributed by atoms with Crippen molar-refractivity contribution in [3.8, 4) is 0 Å². The van der Waals surface area contributed by atoms with E-state index >= 15 is 0 Å². The summed E-state index contributed by atoms with van der Waals surface area (Å²) in [6.07, 6.45) is 0. The molecule has 0 spiro atoms. The third kappa shape index (κ3) is 2.80. The number of para-hydroxylation sites is 1. The van der Waals surface area contributed by atoms with E-state index in [4.69, 9.17) is 18.0 Å². The van der Waals surface area contributed by atoms with Crippen molar-refractivity contribution in [2.45, 2.75) is 13.0 Å². The van der Waals surface area contributed by atoms with Gasteiger partial charge in [0.05, 0.1) is 6.04 Å². The van der Waals surface area contributed by atoms with Crippen LogP contribution in [0.2, 0.25) is 0 Å². The summed E-state index contributed by atoms with van der Waals surface area (Å²) in [6, 6.07) is 14.3. The smallest absolute Gasteiger partial charge is 0.128 e. The van der Waals surface area contributed by atoms with Crippen LogP contribution in [0.15, 0.2) is 48.5 Å². The summed E-state index contributed by atoms with van der Waals surface area (Å²) in [5, 5.41) is 0. The summed E-state index contributed by atoms with van der Waals surface area (Å²) in [4.78, 5) is 2.32. The molecule has 4 heteroatoms. The second-order valence-electron chi connectivity index (χ2n) is 4.69. The van der Waals surface area contributed by atoms with E-state index in [1.54, 1.807) is 12.1 Å². The fraction of sp³-hybridized carbons (Fsp3) is 0.188. The van der Waals surface area contributed by atoms with Gasteiger partial charge in [-0.1, -0.05) is 42.5 Å². The van der Waals surface area contributed by atoms with Gasteiger partial charge in [0, 0.05) is 23.9 Å². The van der Waals surface area contributed by atoms with Crippen molar-refractivity contribution < 1.29 is 4.39 Å². The lowest BCUT2D eigenvalue weighted by Crippen LogP contribution is -2.25. The van der Waals surface area contributed by atoms with Gasteiger partial charge in [-0.2, -0.15) is 0 Å². The van der Waals surface area contributed by atoms with E-state index in [1.165, 1.54) is 6.07 Å². The average molecular weight is 288 g/mol. The van der Waals surface area contributed by atoms with Crippen molar-refractivity contribution in [2.75, 3.05) is 11.9 Å². The molecule has 2 aromatic carbocycles. The first-order chi connectivity index (χ1) is 9.52. The molecule has 0 aromatic heterocycles. The van der Waals surface area contributed by atoms with Gasteiger partial charge in [0.1, 0.15) is 10.8 Å². The Morgan fingerprint density at radius 1 is 1.15 bits per heavy atom. The number of halogens is 1. The van der Waals surface area contributed by atoms with Crippen LogP contribution in [0, 0.1) is 5.82 Å². The SMILES string of the molecule is CC(c1ccccc1F)N(C)c1ccccc1C(N)=S.